The highest BCUT2D eigenvalue weighted by atomic mass is 35.5. The number of carbonyl (C=O) groups is 1. The summed E-state index contributed by atoms with van der Waals surface area (Å²) in [7, 11) is 0. The molecule has 2 atom stereocenters. The first-order valence-electron chi connectivity index (χ1n) is 9.45. The standard InChI is InChI=1S/C23H24ClNO3S2/c1-6-7-14-8-9-19-15(10-14)16-11-17(18(24)12-20(16)29-19)23(5,13-21(26)27)25-30(28)22(2,3)4/h8-12,25H,13H2,1-5H3,(H,26,27)/t23-,30+/m0/s1. The molecule has 3 aromatic rings. The number of carboxylic acids is 1. The molecule has 1 aromatic heterocycles. The predicted molar refractivity (Wildman–Crippen MR) is 128 cm³/mol. The molecular formula is C23H24ClNO3S2. The van der Waals surface area contributed by atoms with Crippen molar-refractivity contribution in [1.82, 2.24) is 4.72 Å². The van der Waals surface area contributed by atoms with E-state index in [9.17, 15) is 14.5 Å². The summed E-state index contributed by atoms with van der Waals surface area (Å²) in [5, 5.41) is 12.0. The van der Waals surface area contributed by atoms with Crippen molar-refractivity contribution in [2.24, 2.45) is 0 Å². The molecule has 3 rings (SSSR count). The summed E-state index contributed by atoms with van der Waals surface area (Å²) < 4.78 is 17.4. The van der Waals surface area contributed by atoms with Gasteiger partial charge in [0.2, 0.25) is 0 Å². The predicted octanol–water partition coefficient (Wildman–Crippen LogP) is 5.82. The van der Waals surface area contributed by atoms with Gasteiger partial charge in [-0.25, -0.2) is 0 Å². The Bertz CT molecular complexity index is 1190. The van der Waals surface area contributed by atoms with Gasteiger partial charge in [-0.15, -0.1) is 22.0 Å². The van der Waals surface area contributed by atoms with E-state index in [4.69, 9.17) is 11.6 Å². The molecule has 2 N–H and O–H groups in total. The molecule has 0 radical (unpaired) electrons. The number of fused-ring (bicyclic) bond motifs is 3. The third-order valence-corrected chi connectivity index (χ3v) is 8.00. The molecule has 0 saturated carbocycles. The number of nitrogens with one attached hydrogen (secondary N) is 1. The number of hydrogen-bond acceptors (Lipinski definition) is 4. The van der Waals surface area contributed by atoms with Gasteiger partial charge in [-0.2, -0.15) is 0 Å². The average molecular weight is 462 g/mol. The highest BCUT2D eigenvalue weighted by Crippen LogP contribution is 2.41. The lowest BCUT2D eigenvalue weighted by Gasteiger charge is -2.34. The molecule has 0 saturated heterocycles. The first-order chi connectivity index (χ1) is 13.9. The van der Waals surface area contributed by atoms with E-state index >= 15 is 0 Å². The van der Waals surface area contributed by atoms with Crippen LogP contribution in [0.4, 0.5) is 0 Å². The van der Waals surface area contributed by atoms with Gasteiger partial charge in [0.25, 0.3) is 0 Å². The smallest absolute Gasteiger partial charge is 0.305 e. The summed E-state index contributed by atoms with van der Waals surface area (Å²) in [5.41, 5.74) is 0.425. The summed E-state index contributed by atoms with van der Waals surface area (Å²) in [6.45, 7) is 9.05. The van der Waals surface area contributed by atoms with Crippen LogP contribution in [0.15, 0.2) is 30.3 Å². The minimum atomic E-state index is -1.48. The van der Waals surface area contributed by atoms with Crippen LogP contribution in [-0.4, -0.2) is 20.4 Å². The van der Waals surface area contributed by atoms with E-state index in [1.54, 1.807) is 25.2 Å². The van der Waals surface area contributed by atoms with Crippen LogP contribution < -0.4 is 4.72 Å². The molecule has 2 aromatic carbocycles. The minimum absolute atomic E-state index is 0.255. The lowest BCUT2D eigenvalue weighted by Crippen LogP contribution is -2.51. The molecule has 4 nitrogen and oxygen atoms in total. The summed E-state index contributed by atoms with van der Waals surface area (Å²) in [6.07, 6.45) is -0.255. The Balaban J connectivity index is 2.22. The molecule has 0 bridgehead atoms. The first kappa shape index (κ1) is 22.9. The molecule has 0 amide bonds. The van der Waals surface area contributed by atoms with E-state index in [0.717, 1.165) is 25.7 Å². The van der Waals surface area contributed by atoms with E-state index < -0.39 is 27.6 Å². The van der Waals surface area contributed by atoms with Gasteiger partial charge < -0.3 is 9.66 Å². The highest BCUT2D eigenvalue weighted by Gasteiger charge is 2.40. The molecule has 30 heavy (non-hydrogen) atoms. The average Bonchev–Trinajstić information content (AvgIpc) is 2.96. The summed E-state index contributed by atoms with van der Waals surface area (Å²) in [6, 6.07) is 9.85. The van der Waals surface area contributed by atoms with Crippen molar-refractivity contribution < 1.29 is 14.5 Å². The monoisotopic (exact) mass is 461 g/mol. The molecule has 0 aliphatic carbocycles. The lowest BCUT2D eigenvalue weighted by molar-refractivity contribution is -0.138. The van der Waals surface area contributed by atoms with Crippen molar-refractivity contribution in [3.63, 3.8) is 0 Å². The number of aliphatic carboxylic acids is 1. The Kier molecular flexibility index (Phi) is 6.43. The molecule has 0 unspecified atom stereocenters. The Labute approximate surface area is 188 Å². The maximum atomic E-state index is 12.8. The van der Waals surface area contributed by atoms with Crippen molar-refractivity contribution in [3.05, 3.63) is 46.5 Å². The molecule has 0 fully saturated rings. The van der Waals surface area contributed by atoms with Crippen molar-refractivity contribution >= 4 is 60.4 Å². The van der Waals surface area contributed by atoms with Crippen LogP contribution in [0.1, 0.15) is 52.2 Å². The van der Waals surface area contributed by atoms with E-state index in [1.807, 2.05) is 51.1 Å². The Morgan fingerprint density at radius 2 is 1.87 bits per heavy atom. The largest absolute Gasteiger partial charge is 0.598 e. The van der Waals surface area contributed by atoms with E-state index in [1.165, 1.54) is 0 Å². The fourth-order valence-corrected chi connectivity index (χ4v) is 5.73. The Morgan fingerprint density at radius 3 is 2.47 bits per heavy atom. The van der Waals surface area contributed by atoms with Crippen LogP contribution in [0.25, 0.3) is 20.2 Å². The normalized spacial score (nSPS) is 14.9. The third-order valence-electron chi connectivity index (χ3n) is 4.80. The summed E-state index contributed by atoms with van der Waals surface area (Å²) in [4.78, 5) is 11.7. The summed E-state index contributed by atoms with van der Waals surface area (Å²) >= 11 is 6.78. The molecule has 158 valence electrons. The van der Waals surface area contributed by atoms with Crippen LogP contribution in [0.5, 0.6) is 0 Å². The molecule has 0 aliphatic rings. The molecule has 1 heterocycles. The molecule has 0 aliphatic heterocycles. The molecule has 0 spiro atoms. The second-order valence-corrected chi connectivity index (χ2v) is 11.9. The minimum Gasteiger partial charge on any atom is -0.598 e. The maximum absolute atomic E-state index is 12.8. The number of benzene rings is 2. The fourth-order valence-electron chi connectivity index (χ4n) is 3.29. The van der Waals surface area contributed by atoms with Crippen molar-refractivity contribution in [3.8, 4) is 11.8 Å². The zero-order valence-corrected chi connectivity index (χ0v) is 19.9. The first-order valence-corrected chi connectivity index (χ1v) is 11.8. The van der Waals surface area contributed by atoms with Crippen LogP contribution >= 0.6 is 22.9 Å². The van der Waals surface area contributed by atoms with Gasteiger partial charge >= 0.3 is 5.97 Å². The van der Waals surface area contributed by atoms with Gasteiger partial charge in [-0.3, -0.25) is 4.79 Å². The van der Waals surface area contributed by atoms with Crippen LogP contribution in [0.3, 0.4) is 0 Å². The number of thiophene rings is 1. The highest BCUT2D eigenvalue weighted by molar-refractivity contribution is 7.90. The van der Waals surface area contributed by atoms with Gasteiger partial charge in [0, 0.05) is 42.1 Å². The van der Waals surface area contributed by atoms with Gasteiger partial charge in [0.1, 0.15) is 4.75 Å². The zero-order valence-electron chi connectivity index (χ0n) is 17.6. The lowest BCUT2D eigenvalue weighted by atomic mass is 9.88. The number of halogens is 1. The molecular weight excluding hydrogens is 438 g/mol. The second kappa shape index (κ2) is 8.41. The second-order valence-electron chi connectivity index (χ2n) is 8.40. The zero-order chi connectivity index (χ0) is 22.3. The number of carboxylic acid groups (broad SMARTS) is 1. The summed E-state index contributed by atoms with van der Waals surface area (Å²) in [5.74, 6) is 4.99. The van der Waals surface area contributed by atoms with Gasteiger partial charge in [-0.1, -0.05) is 17.5 Å². The van der Waals surface area contributed by atoms with Gasteiger partial charge in [-0.05, 0) is 70.5 Å². The van der Waals surface area contributed by atoms with Crippen molar-refractivity contribution in [2.45, 2.75) is 51.3 Å². The quantitative estimate of drug-likeness (QED) is 0.371. The maximum Gasteiger partial charge on any atom is 0.305 e. The van der Waals surface area contributed by atoms with Crippen LogP contribution in [-0.2, 0) is 21.7 Å². The van der Waals surface area contributed by atoms with E-state index in [2.05, 4.69) is 16.6 Å². The van der Waals surface area contributed by atoms with Gasteiger partial charge in [0.05, 0.1) is 12.0 Å². The SMILES string of the molecule is CC#Cc1ccc2sc3cc(Cl)c([C@](C)(CC(=O)O)N[S@+]([O-])C(C)(C)C)cc3c2c1. The van der Waals surface area contributed by atoms with Crippen molar-refractivity contribution in [1.29, 1.82) is 0 Å². The van der Waals surface area contributed by atoms with Crippen LogP contribution in [0.2, 0.25) is 5.02 Å². The van der Waals surface area contributed by atoms with Crippen molar-refractivity contribution in [2.75, 3.05) is 0 Å². The van der Waals surface area contributed by atoms with Crippen LogP contribution in [0, 0.1) is 11.8 Å². The molecule has 7 heteroatoms. The van der Waals surface area contributed by atoms with E-state index in [-0.39, 0.29) is 6.42 Å². The third kappa shape index (κ3) is 4.61. The fraction of sp³-hybridized carbons (Fsp3) is 0.348. The Morgan fingerprint density at radius 1 is 1.20 bits per heavy atom. The van der Waals surface area contributed by atoms with Gasteiger partial charge in [0.15, 0.2) is 0 Å². The topological polar surface area (TPSA) is 72.4 Å². The van der Waals surface area contributed by atoms with E-state index in [0.29, 0.717) is 10.6 Å². The Hall–Kier alpha value is -1.75. The number of rotatable bonds is 5. The number of hydrogen-bond donors (Lipinski definition) is 2.